The number of hydrogen-bond donors (Lipinski definition) is 3. The third-order valence-electron chi connectivity index (χ3n) is 6.39. The minimum absolute atomic E-state index is 0.0651. The minimum atomic E-state index is -0.0651. The van der Waals surface area contributed by atoms with Gasteiger partial charge in [-0.2, -0.15) is 5.21 Å². The Hall–Kier alpha value is -4.29. The maximum absolute atomic E-state index is 12.5. The summed E-state index contributed by atoms with van der Waals surface area (Å²) in [7, 11) is 0. The molecule has 0 bridgehead atoms. The van der Waals surface area contributed by atoms with Crippen LogP contribution in [0.3, 0.4) is 0 Å². The van der Waals surface area contributed by atoms with Crippen LogP contribution in [0.5, 0.6) is 0 Å². The first-order chi connectivity index (χ1) is 17.7. The first-order valence-corrected chi connectivity index (χ1v) is 12.2. The van der Waals surface area contributed by atoms with E-state index in [0.29, 0.717) is 29.3 Å². The molecule has 4 N–H and O–H groups in total. The summed E-state index contributed by atoms with van der Waals surface area (Å²) in [5.74, 6) is 7.08. The van der Waals surface area contributed by atoms with Gasteiger partial charge in [0.25, 0.3) is 5.91 Å². The Morgan fingerprint density at radius 3 is 2.69 bits per heavy atom. The van der Waals surface area contributed by atoms with Gasteiger partial charge >= 0.3 is 0 Å². The lowest BCUT2D eigenvalue weighted by atomic mass is 10.0. The van der Waals surface area contributed by atoms with Crippen molar-refractivity contribution in [2.75, 3.05) is 31.9 Å². The van der Waals surface area contributed by atoms with E-state index >= 15 is 0 Å². The molecule has 9 heteroatoms. The van der Waals surface area contributed by atoms with Crippen LogP contribution in [-0.4, -0.2) is 62.6 Å². The van der Waals surface area contributed by atoms with Gasteiger partial charge in [0.2, 0.25) is 5.82 Å². The van der Waals surface area contributed by atoms with E-state index in [1.165, 1.54) is 32.4 Å². The number of tetrazole rings is 1. The highest BCUT2D eigenvalue weighted by molar-refractivity contribution is 5.95. The number of carbonyl (C=O) groups is 1. The Bertz CT molecular complexity index is 1400. The number of nitrogens with one attached hydrogen (secondary N) is 2. The number of H-pyrrole nitrogens is 1. The molecule has 0 radical (unpaired) electrons. The third kappa shape index (κ3) is 5.50. The molecule has 5 rings (SSSR count). The number of aromatic nitrogens is 5. The summed E-state index contributed by atoms with van der Waals surface area (Å²) in [5.41, 5.74) is 9.00. The summed E-state index contributed by atoms with van der Waals surface area (Å²) in [6.07, 6.45) is 6.58. The number of pyridine rings is 1. The Kier molecular flexibility index (Phi) is 7.15. The molecule has 9 nitrogen and oxygen atoms in total. The molecule has 1 fully saturated rings. The van der Waals surface area contributed by atoms with Gasteiger partial charge in [0.15, 0.2) is 0 Å². The molecular weight excluding hydrogens is 452 g/mol. The molecule has 1 aliphatic heterocycles. The number of piperidine rings is 1. The average Bonchev–Trinajstić information content (AvgIpc) is 3.46. The fraction of sp³-hybridized carbons (Fsp3) is 0.296. The molecule has 36 heavy (non-hydrogen) atoms. The largest absolute Gasteiger partial charge is 0.383 e. The number of likely N-dealkylation sites (tertiary alicyclic amines) is 1. The van der Waals surface area contributed by atoms with E-state index in [4.69, 9.17) is 5.73 Å². The molecule has 3 heterocycles. The summed E-state index contributed by atoms with van der Waals surface area (Å²) >= 11 is 0. The molecule has 1 saturated heterocycles. The van der Waals surface area contributed by atoms with Crippen molar-refractivity contribution < 1.29 is 4.79 Å². The lowest BCUT2D eigenvalue weighted by molar-refractivity contribution is 0.0951. The lowest BCUT2D eigenvalue weighted by Gasteiger charge is -2.26. The molecule has 0 saturated carbocycles. The predicted molar refractivity (Wildman–Crippen MR) is 139 cm³/mol. The predicted octanol–water partition coefficient (Wildman–Crippen LogP) is 3.00. The maximum Gasteiger partial charge on any atom is 0.251 e. The first-order valence-electron chi connectivity index (χ1n) is 12.2. The van der Waals surface area contributed by atoms with Gasteiger partial charge in [-0.1, -0.05) is 30.4 Å². The number of carbonyl (C=O) groups excluding carboxylic acids is 1. The van der Waals surface area contributed by atoms with Crippen molar-refractivity contribution in [1.29, 1.82) is 0 Å². The van der Waals surface area contributed by atoms with Gasteiger partial charge < -0.3 is 16.0 Å². The fourth-order valence-electron chi connectivity index (χ4n) is 4.41. The number of benzene rings is 2. The molecule has 2 aromatic heterocycles. The molecule has 0 aliphatic carbocycles. The van der Waals surface area contributed by atoms with Gasteiger partial charge in [-0.25, -0.2) is 4.98 Å². The number of hydrogen-bond acceptors (Lipinski definition) is 7. The lowest BCUT2D eigenvalue weighted by Crippen LogP contribution is -2.33. The second-order valence-corrected chi connectivity index (χ2v) is 8.89. The third-order valence-corrected chi connectivity index (χ3v) is 6.39. The van der Waals surface area contributed by atoms with Gasteiger partial charge in [-0.3, -0.25) is 4.79 Å². The van der Waals surface area contributed by atoms with Crippen molar-refractivity contribution in [1.82, 2.24) is 35.8 Å². The van der Waals surface area contributed by atoms with E-state index in [2.05, 4.69) is 47.7 Å². The Morgan fingerprint density at radius 2 is 1.92 bits per heavy atom. The SMILES string of the molecule is Nc1ncc2ccc(-c3nn[nH]n3)cc2c1C#Cc1ccc(C(=O)NCCCN2CCCCC2)cc1. The highest BCUT2D eigenvalue weighted by Gasteiger charge is 2.11. The number of rotatable bonds is 6. The Labute approximate surface area is 209 Å². The van der Waals surface area contributed by atoms with Crippen molar-refractivity contribution in [3.63, 3.8) is 0 Å². The molecular formula is C27H28N8O. The monoisotopic (exact) mass is 480 g/mol. The molecule has 0 atom stereocenters. The van der Waals surface area contributed by atoms with Gasteiger partial charge in [0, 0.05) is 40.2 Å². The van der Waals surface area contributed by atoms with Crippen molar-refractivity contribution in [3.8, 4) is 23.2 Å². The van der Waals surface area contributed by atoms with Crippen LogP contribution in [0.25, 0.3) is 22.2 Å². The number of fused-ring (bicyclic) bond motifs is 1. The summed E-state index contributed by atoms with van der Waals surface area (Å²) in [4.78, 5) is 19.3. The van der Waals surface area contributed by atoms with Crippen LogP contribution < -0.4 is 11.1 Å². The van der Waals surface area contributed by atoms with E-state index in [0.717, 1.165) is 34.9 Å². The number of nitrogens with two attached hydrogens (primary N) is 1. The van der Waals surface area contributed by atoms with Crippen molar-refractivity contribution in [2.45, 2.75) is 25.7 Å². The summed E-state index contributed by atoms with van der Waals surface area (Å²) in [5, 5.41) is 19.0. The average molecular weight is 481 g/mol. The Balaban J connectivity index is 1.25. The molecule has 0 unspecified atom stereocenters. The first kappa shape index (κ1) is 23.5. The van der Waals surface area contributed by atoms with E-state index in [1.807, 2.05) is 30.3 Å². The molecule has 182 valence electrons. The number of anilines is 1. The van der Waals surface area contributed by atoms with Crippen LogP contribution in [-0.2, 0) is 0 Å². The van der Waals surface area contributed by atoms with Gasteiger partial charge in [0.1, 0.15) is 5.82 Å². The van der Waals surface area contributed by atoms with Crippen LogP contribution in [0.1, 0.15) is 47.2 Å². The van der Waals surface area contributed by atoms with Crippen molar-refractivity contribution >= 4 is 22.5 Å². The van der Waals surface area contributed by atoms with E-state index in [-0.39, 0.29) is 5.91 Å². The zero-order chi connectivity index (χ0) is 24.7. The Morgan fingerprint density at radius 1 is 1.08 bits per heavy atom. The second-order valence-electron chi connectivity index (χ2n) is 8.89. The van der Waals surface area contributed by atoms with E-state index in [9.17, 15) is 4.79 Å². The van der Waals surface area contributed by atoms with Gasteiger partial charge in [0.05, 0.1) is 5.56 Å². The second kappa shape index (κ2) is 11.0. The molecule has 2 aromatic carbocycles. The number of aromatic amines is 1. The van der Waals surface area contributed by atoms with Crippen LogP contribution >= 0.6 is 0 Å². The van der Waals surface area contributed by atoms with Crippen LogP contribution in [0.2, 0.25) is 0 Å². The molecule has 1 aliphatic rings. The summed E-state index contributed by atoms with van der Waals surface area (Å²) in [6, 6.07) is 13.0. The van der Waals surface area contributed by atoms with Crippen molar-refractivity contribution in [3.05, 3.63) is 65.4 Å². The van der Waals surface area contributed by atoms with Crippen LogP contribution in [0, 0.1) is 11.8 Å². The number of nitrogen functional groups attached to an aromatic ring is 1. The van der Waals surface area contributed by atoms with Crippen LogP contribution in [0.4, 0.5) is 5.82 Å². The zero-order valence-corrected chi connectivity index (χ0v) is 20.0. The zero-order valence-electron chi connectivity index (χ0n) is 20.0. The smallest absolute Gasteiger partial charge is 0.251 e. The molecule has 4 aromatic rings. The number of amides is 1. The van der Waals surface area contributed by atoms with Crippen molar-refractivity contribution in [2.24, 2.45) is 0 Å². The quantitative estimate of drug-likeness (QED) is 0.286. The molecule has 1 amide bonds. The highest BCUT2D eigenvalue weighted by Crippen LogP contribution is 2.26. The number of nitrogens with zero attached hydrogens (tertiary/aromatic N) is 5. The summed E-state index contributed by atoms with van der Waals surface area (Å²) < 4.78 is 0. The fourth-order valence-corrected chi connectivity index (χ4v) is 4.41. The minimum Gasteiger partial charge on any atom is -0.383 e. The van der Waals surface area contributed by atoms with E-state index < -0.39 is 0 Å². The standard InChI is InChI=1S/C27H28N8O/c28-25-23(24-17-21(26-31-33-34-32-26)10-11-22(24)18-30-25)12-7-19-5-8-20(9-6-19)27(36)29-13-4-16-35-14-2-1-3-15-35/h5-6,8-11,17-18H,1-4,13-16H2,(H2,28,30)(H,29,36)(H,31,32,33,34). The summed E-state index contributed by atoms with van der Waals surface area (Å²) in [6.45, 7) is 4.07. The highest BCUT2D eigenvalue weighted by atomic mass is 16.1. The topological polar surface area (TPSA) is 126 Å². The van der Waals surface area contributed by atoms with Gasteiger partial charge in [-0.05, 0) is 74.4 Å². The van der Waals surface area contributed by atoms with Crippen LogP contribution in [0.15, 0.2) is 48.7 Å². The van der Waals surface area contributed by atoms with Gasteiger partial charge in [-0.15, -0.1) is 10.2 Å². The normalized spacial score (nSPS) is 13.8. The van der Waals surface area contributed by atoms with E-state index in [1.54, 1.807) is 18.3 Å². The maximum atomic E-state index is 12.5. The molecule has 0 spiro atoms.